The molecule has 1 heteroatoms. The molecule has 1 N–H and O–H groups in total. The van der Waals surface area contributed by atoms with Gasteiger partial charge in [-0.3, -0.25) is 0 Å². The maximum Gasteiger partial charge on any atom is 0.0340 e. The molecule has 0 spiro atoms. The highest BCUT2D eigenvalue weighted by Gasteiger charge is 2.66. The number of hydrogen-bond donors (Lipinski definition) is 1. The standard InChI is InChI=1S/C19H29N/c1-13-14(2)19(5)15(3)18(13,4)11-16(19)12-20-17-9-7-6-8-10-17/h6-10,13-16,20H,11-12H2,1-5H3. The third-order valence-electron chi connectivity index (χ3n) is 7.59. The van der Waals surface area contributed by atoms with Crippen molar-refractivity contribution in [3.63, 3.8) is 0 Å². The molecule has 6 atom stereocenters. The van der Waals surface area contributed by atoms with Crippen LogP contribution in [-0.4, -0.2) is 6.54 Å². The van der Waals surface area contributed by atoms with Gasteiger partial charge in [0.1, 0.15) is 0 Å². The predicted molar refractivity (Wildman–Crippen MR) is 86.7 cm³/mol. The molecular formula is C19H29N. The van der Waals surface area contributed by atoms with E-state index in [1.165, 1.54) is 12.1 Å². The molecule has 6 unspecified atom stereocenters. The molecule has 1 aromatic rings. The number of anilines is 1. The van der Waals surface area contributed by atoms with Crippen LogP contribution in [0.5, 0.6) is 0 Å². The maximum absolute atomic E-state index is 3.67. The van der Waals surface area contributed by atoms with E-state index in [0.717, 1.165) is 30.2 Å². The second kappa shape index (κ2) is 4.51. The average Bonchev–Trinajstić information content (AvgIpc) is 2.73. The minimum atomic E-state index is 0.496. The van der Waals surface area contributed by atoms with E-state index in [2.05, 4.69) is 70.3 Å². The molecule has 0 aromatic heterocycles. The smallest absolute Gasteiger partial charge is 0.0340 e. The Labute approximate surface area is 124 Å². The molecule has 110 valence electrons. The second-order valence-electron chi connectivity index (χ2n) is 7.82. The van der Waals surface area contributed by atoms with Gasteiger partial charge >= 0.3 is 0 Å². The highest BCUT2D eigenvalue weighted by molar-refractivity contribution is 5.42. The number of nitrogens with one attached hydrogen (secondary N) is 1. The van der Waals surface area contributed by atoms with Gasteiger partial charge < -0.3 is 5.32 Å². The number of rotatable bonds is 3. The first-order valence-electron chi connectivity index (χ1n) is 8.19. The zero-order valence-electron chi connectivity index (χ0n) is 13.6. The maximum atomic E-state index is 3.67. The third kappa shape index (κ3) is 1.68. The van der Waals surface area contributed by atoms with E-state index in [4.69, 9.17) is 0 Å². The van der Waals surface area contributed by atoms with Gasteiger partial charge in [-0.2, -0.15) is 0 Å². The van der Waals surface area contributed by atoms with Crippen molar-refractivity contribution in [2.75, 3.05) is 11.9 Å². The normalized spacial score (nSPS) is 46.6. The summed E-state index contributed by atoms with van der Waals surface area (Å²) in [5.74, 6) is 3.32. The van der Waals surface area contributed by atoms with Gasteiger partial charge in [-0.15, -0.1) is 0 Å². The van der Waals surface area contributed by atoms with Crippen molar-refractivity contribution in [1.29, 1.82) is 0 Å². The summed E-state index contributed by atoms with van der Waals surface area (Å²) in [6, 6.07) is 10.6. The lowest BCUT2D eigenvalue weighted by Gasteiger charge is -2.42. The van der Waals surface area contributed by atoms with Gasteiger partial charge in [0.2, 0.25) is 0 Å². The Kier molecular flexibility index (Phi) is 3.15. The van der Waals surface area contributed by atoms with Gasteiger partial charge in [0, 0.05) is 12.2 Å². The van der Waals surface area contributed by atoms with E-state index in [0.29, 0.717) is 10.8 Å². The van der Waals surface area contributed by atoms with E-state index in [9.17, 15) is 0 Å². The Bertz CT molecular complexity index is 482. The van der Waals surface area contributed by atoms with E-state index < -0.39 is 0 Å². The lowest BCUT2D eigenvalue weighted by atomic mass is 9.64. The van der Waals surface area contributed by atoms with E-state index >= 15 is 0 Å². The van der Waals surface area contributed by atoms with Crippen LogP contribution in [0.1, 0.15) is 41.0 Å². The minimum Gasteiger partial charge on any atom is -0.385 e. The number of fused-ring (bicyclic) bond motifs is 2. The van der Waals surface area contributed by atoms with Gasteiger partial charge in [-0.1, -0.05) is 52.8 Å². The molecule has 20 heavy (non-hydrogen) atoms. The van der Waals surface area contributed by atoms with Crippen molar-refractivity contribution in [3.8, 4) is 0 Å². The zero-order valence-corrected chi connectivity index (χ0v) is 13.6. The molecule has 2 fully saturated rings. The molecule has 0 radical (unpaired) electrons. The molecule has 2 saturated carbocycles. The van der Waals surface area contributed by atoms with E-state index in [-0.39, 0.29) is 0 Å². The minimum absolute atomic E-state index is 0.496. The molecule has 2 bridgehead atoms. The summed E-state index contributed by atoms with van der Waals surface area (Å²) in [5.41, 5.74) is 2.30. The summed E-state index contributed by atoms with van der Waals surface area (Å²) in [6.07, 6.45) is 1.38. The lowest BCUT2D eigenvalue weighted by molar-refractivity contribution is 0.0779. The summed E-state index contributed by atoms with van der Waals surface area (Å²) in [5, 5.41) is 3.67. The molecule has 0 amide bonds. The van der Waals surface area contributed by atoms with Crippen LogP contribution in [0.25, 0.3) is 0 Å². The highest BCUT2D eigenvalue weighted by atomic mass is 14.9. The Morgan fingerprint density at radius 1 is 1.05 bits per heavy atom. The van der Waals surface area contributed by atoms with Gasteiger partial charge in [-0.25, -0.2) is 0 Å². The van der Waals surface area contributed by atoms with E-state index in [1.807, 2.05) is 0 Å². The van der Waals surface area contributed by atoms with Crippen LogP contribution >= 0.6 is 0 Å². The van der Waals surface area contributed by atoms with Crippen LogP contribution in [-0.2, 0) is 0 Å². The number of para-hydroxylation sites is 1. The van der Waals surface area contributed by atoms with Crippen LogP contribution in [0.3, 0.4) is 0 Å². The fraction of sp³-hybridized carbons (Fsp3) is 0.684. The molecule has 2 aliphatic carbocycles. The molecule has 3 rings (SSSR count). The monoisotopic (exact) mass is 271 g/mol. The van der Waals surface area contributed by atoms with Crippen molar-refractivity contribution in [1.82, 2.24) is 0 Å². The topological polar surface area (TPSA) is 12.0 Å². The molecule has 1 aromatic carbocycles. The van der Waals surface area contributed by atoms with Crippen LogP contribution in [0.2, 0.25) is 0 Å². The van der Waals surface area contributed by atoms with Crippen molar-refractivity contribution in [3.05, 3.63) is 30.3 Å². The molecule has 0 aliphatic heterocycles. The summed E-state index contributed by atoms with van der Waals surface area (Å²) >= 11 is 0. The summed E-state index contributed by atoms with van der Waals surface area (Å²) in [6.45, 7) is 13.7. The van der Waals surface area contributed by atoms with Crippen molar-refractivity contribution < 1.29 is 0 Å². The summed E-state index contributed by atoms with van der Waals surface area (Å²) < 4.78 is 0. The first-order chi connectivity index (χ1) is 9.40. The summed E-state index contributed by atoms with van der Waals surface area (Å²) in [4.78, 5) is 0. The Morgan fingerprint density at radius 3 is 2.25 bits per heavy atom. The highest BCUT2D eigenvalue weighted by Crippen LogP contribution is 2.72. The average molecular weight is 271 g/mol. The molecule has 2 aliphatic rings. The summed E-state index contributed by atoms with van der Waals surface area (Å²) in [7, 11) is 0. The fourth-order valence-electron chi connectivity index (χ4n) is 5.54. The first-order valence-corrected chi connectivity index (χ1v) is 8.19. The third-order valence-corrected chi connectivity index (χ3v) is 7.59. The number of hydrogen-bond acceptors (Lipinski definition) is 1. The molecule has 0 heterocycles. The van der Waals surface area contributed by atoms with Gasteiger partial charge in [0.05, 0.1) is 0 Å². The fourth-order valence-corrected chi connectivity index (χ4v) is 5.54. The van der Waals surface area contributed by atoms with E-state index in [1.54, 1.807) is 0 Å². The molecular weight excluding hydrogens is 242 g/mol. The predicted octanol–water partition coefficient (Wildman–Crippen LogP) is 5.05. The first kappa shape index (κ1) is 14.0. The largest absolute Gasteiger partial charge is 0.385 e. The lowest BCUT2D eigenvalue weighted by Crippen LogP contribution is -2.39. The van der Waals surface area contributed by atoms with Gasteiger partial charge in [-0.05, 0) is 53.1 Å². The molecule has 0 saturated heterocycles. The SMILES string of the molecule is CC1C(C)C2(C)C(CNc3ccccc3)CC1(C)C2C. The molecule has 1 nitrogen and oxygen atoms in total. The zero-order chi connectivity index (χ0) is 14.5. The Morgan fingerprint density at radius 2 is 1.70 bits per heavy atom. The Balaban J connectivity index is 1.77. The van der Waals surface area contributed by atoms with Gasteiger partial charge in [0.15, 0.2) is 0 Å². The second-order valence-corrected chi connectivity index (χ2v) is 7.82. The van der Waals surface area contributed by atoms with Crippen molar-refractivity contribution in [2.24, 2.45) is 34.5 Å². The Hall–Kier alpha value is -0.980. The van der Waals surface area contributed by atoms with Gasteiger partial charge in [0.25, 0.3) is 0 Å². The van der Waals surface area contributed by atoms with Crippen molar-refractivity contribution >= 4 is 5.69 Å². The quantitative estimate of drug-likeness (QED) is 0.811. The van der Waals surface area contributed by atoms with Crippen LogP contribution in [0.4, 0.5) is 5.69 Å². The number of benzene rings is 1. The van der Waals surface area contributed by atoms with Crippen LogP contribution < -0.4 is 5.32 Å². The van der Waals surface area contributed by atoms with Crippen LogP contribution in [0.15, 0.2) is 30.3 Å². The van der Waals surface area contributed by atoms with Crippen LogP contribution in [0, 0.1) is 34.5 Å². The van der Waals surface area contributed by atoms with Crippen molar-refractivity contribution in [2.45, 2.75) is 41.0 Å².